The zero-order valence-electron chi connectivity index (χ0n) is 11.7. The third-order valence-electron chi connectivity index (χ3n) is 3.14. The smallest absolute Gasteiger partial charge is 0.0304 e. The van der Waals surface area contributed by atoms with Crippen LogP contribution in [-0.2, 0) is 0 Å². The lowest BCUT2D eigenvalue weighted by molar-refractivity contribution is 0.497. The number of hydrogen-bond donors (Lipinski definition) is 2. The Bertz CT molecular complexity index is 347. The van der Waals surface area contributed by atoms with Crippen molar-refractivity contribution in [1.29, 1.82) is 0 Å². The van der Waals surface area contributed by atoms with Gasteiger partial charge in [-0.05, 0) is 24.6 Å². The first-order valence-corrected chi connectivity index (χ1v) is 8.88. The fourth-order valence-corrected chi connectivity index (χ4v) is 3.56. The number of halogens is 1. The van der Waals surface area contributed by atoms with Crippen molar-refractivity contribution >= 4 is 27.7 Å². The number of hydrazine groups is 1. The molecule has 0 spiro atoms. The van der Waals surface area contributed by atoms with Crippen LogP contribution in [0.5, 0.6) is 0 Å². The minimum Gasteiger partial charge on any atom is -0.271 e. The Labute approximate surface area is 130 Å². The third kappa shape index (κ3) is 7.98. The zero-order chi connectivity index (χ0) is 13.9. The van der Waals surface area contributed by atoms with Crippen LogP contribution in [0, 0.1) is 0 Å². The number of nitrogens with two attached hydrogens (primary N) is 1. The number of hydrogen-bond acceptors (Lipinski definition) is 3. The van der Waals surface area contributed by atoms with E-state index in [0.29, 0.717) is 6.04 Å². The van der Waals surface area contributed by atoms with Crippen LogP contribution >= 0.6 is 27.7 Å². The molecule has 0 aromatic heterocycles. The highest BCUT2D eigenvalue weighted by atomic mass is 79.9. The van der Waals surface area contributed by atoms with E-state index in [1.807, 2.05) is 11.8 Å². The molecule has 0 heterocycles. The maximum absolute atomic E-state index is 5.64. The molecular formula is C15H25BrN2S. The minimum absolute atomic E-state index is 0.408. The molecular weight excluding hydrogens is 320 g/mol. The van der Waals surface area contributed by atoms with Crippen molar-refractivity contribution in [2.75, 3.05) is 5.75 Å². The summed E-state index contributed by atoms with van der Waals surface area (Å²) in [5.41, 5.74) is 2.95. The van der Waals surface area contributed by atoms with Crippen molar-refractivity contribution in [2.24, 2.45) is 5.84 Å². The Morgan fingerprint density at radius 1 is 1.26 bits per heavy atom. The maximum Gasteiger partial charge on any atom is 0.0304 e. The Morgan fingerprint density at radius 3 is 2.74 bits per heavy atom. The lowest BCUT2D eigenvalue weighted by atomic mass is 10.1. The number of thioether (sulfide) groups is 1. The van der Waals surface area contributed by atoms with Crippen molar-refractivity contribution < 1.29 is 0 Å². The summed E-state index contributed by atoms with van der Waals surface area (Å²) < 4.78 is 1.13. The summed E-state index contributed by atoms with van der Waals surface area (Å²) in [7, 11) is 0. The molecule has 1 rings (SSSR count). The number of benzene rings is 1. The van der Waals surface area contributed by atoms with Crippen molar-refractivity contribution in [3.63, 3.8) is 0 Å². The van der Waals surface area contributed by atoms with Gasteiger partial charge in [-0.2, -0.15) is 0 Å². The summed E-state index contributed by atoms with van der Waals surface area (Å²) in [6.45, 7) is 2.25. The molecule has 1 aromatic carbocycles. The quantitative estimate of drug-likeness (QED) is 0.279. The molecule has 3 N–H and O–H groups in total. The molecule has 1 unspecified atom stereocenters. The van der Waals surface area contributed by atoms with Gasteiger partial charge in [-0.3, -0.25) is 11.3 Å². The van der Waals surface area contributed by atoms with Gasteiger partial charge in [0.05, 0.1) is 0 Å². The van der Waals surface area contributed by atoms with Gasteiger partial charge in [0.1, 0.15) is 0 Å². The van der Waals surface area contributed by atoms with Gasteiger partial charge < -0.3 is 0 Å². The largest absolute Gasteiger partial charge is 0.271 e. The van der Waals surface area contributed by atoms with Gasteiger partial charge in [-0.1, -0.05) is 61.0 Å². The minimum atomic E-state index is 0.408. The van der Waals surface area contributed by atoms with Crippen molar-refractivity contribution in [3.8, 4) is 0 Å². The van der Waals surface area contributed by atoms with E-state index in [9.17, 15) is 0 Å². The molecule has 0 aliphatic carbocycles. The second-order valence-corrected chi connectivity index (χ2v) is 6.84. The predicted molar refractivity (Wildman–Crippen MR) is 89.4 cm³/mol. The van der Waals surface area contributed by atoms with E-state index in [0.717, 1.165) is 10.2 Å². The molecule has 4 heteroatoms. The summed E-state index contributed by atoms with van der Waals surface area (Å²) in [6.07, 6.45) is 7.78. The summed E-state index contributed by atoms with van der Waals surface area (Å²) in [5, 5.41) is 0. The fraction of sp³-hybridized carbons (Fsp3) is 0.600. The molecule has 19 heavy (non-hydrogen) atoms. The topological polar surface area (TPSA) is 38.0 Å². The molecule has 0 amide bonds. The molecule has 1 aromatic rings. The second kappa shape index (κ2) is 10.7. The highest BCUT2D eigenvalue weighted by molar-refractivity contribution is 9.10. The molecule has 0 saturated heterocycles. The summed E-state index contributed by atoms with van der Waals surface area (Å²) >= 11 is 5.36. The van der Waals surface area contributed by atoms with Crippen molar-refractivity contribution in [3.05, 3.63) is 28.7 Å². The Balaban J connectivity index is 2.21. The molecule has 0 saturated carbocycles. The zero-order valence-corrected chi connectivity index (χ0v) is 14.1. The lowest BCUT2D eigenvalue weighted by Gasteiger charge is -2.15. The predicted octanol–water partition coefficient (Wildman–Crippen LogP) is 4.73. The van der Waals surface area contributed by atoms with Crippen LogP contribution in [0.25, 0.3) is 0 Å². The van der Waals surface area contributed by atoms with E-state index in [4.69, 9.17) is 5.84 Å². The van der Waals surface area contributed by atoms with Gasteiger partial charge in [0.15, 0.2) is 0 Å². The van der Waals surface area contributed by atoms with E-state index >= 15 is 0 Å². The van der Waals surface area contributed by atoms with Crippen LogP contribution in [0.4, 0.5) is 0 Å². The molecule has 0 radical (unpaired) electrons. The van der Waals surface area contributed by atoms with Gasteiger partial charge in [-0.15, -0.1) is 11.8 Å². The summed E-state index contributed by atoms with van der Waals surface area (Å²) in [4.78, 5) is 1.29. The van der Waals surface area contributed by atoms with Crippen molar-refractivity contribution in [1.82, 2.24) is 5.43 Å². The average Bonchev–Trinajstić information content (AvgIpc) is 2.42. The number of nitrogens with one attached hydrogen (secondary N) is 1. The van der Waals surface area contributed by atoms with E-state index in [1.54, 1.807) is 0 Å². The third-order valence-corrected chi connectivity index (χ3v) is 4.79. The summed E-state index contributed by atoms with van der Waals surface area (Å²) in [5.74, 6) is 6.66. The van der Waals surface area contributed by atoms with Crippen LogP contribution in [-0.4, -0.2) is 11.8 Å². The van der Waals surface area contributed by atoms with Crippen LogP contribution in [0.15, 0.2) is 33.6 Å². The van der Waals surface area contributed by atoms with Crippen LogP contribution in [0.1, 0.15) is 45.4 Å². The summed E-state index contributed by atoms with van der Waals surface area (Å²) in [6, 6.07) is 8.83. The van der Waals surface area contributed by atoms with E-state index in [1.165, 1.54) is 43.4 Å². The Hall–Kier alpha value is -0.0300. The van der Waals surface area contributed by atoms with Crippen LogP contribution < -0.4 is 11.3 Å². The number of unbranched alkanes of at least 4 members (excludes halogenated alkanes) is 4. The molecule has 1 atom stereocenters. The average molecular weight is 345 g/mol. The lowest BCUT2D eigenvalue weighted by Crippen LogP contribution is -2.36. The SMILES string of the molecule is CCCCCCCC(CSc1cccc(Br)c1)NN. The van der Waals surface area contributed by atoms with Crippen LogP contribution in [0.3, 0.4) is 0 Å². The first-order chi connectivity index (χ1) is 9.26. The van der Waals surface area contributed by atoms with E-state index in [-0.39, 0.29) is 0 Å². The maximum atomic E-state index is 5.64. The first kappa shape index (κ1) is 17.0. The normalized spacial score (nSPS) is 12.6. The molecule has 0 aliphatic heterocycles. The molecule has 0 bridgehead atoms. The molecule has 0 fully saturated rings. The van der Waals surface area contributed by atoms with Gasteiger partial charge in [0, 0.05) is 21.2 Å². The Morgan fingerprint density at radius 2 is 2.05 bits per heavy atom. The van der Waals surface area contributed by atoms with Crippen molar-refractivity contribution in [2.45, 2.75) is 56.4 Å². The standard InChI is InChI=1S/C15H25BrN2S/c1-2-3-4-5-6-9-14(18-17)12-19-15-10-7-8-13(16)11-15/h7-8,10-11,14,18H,2-6,9,12,17H2,1H3. The van der Waals surface area contributed by atoms with Gasteiger partial charge in [-0.25, -0.2) is 0 Å². The van der Waals surface area contributed by atoms with E-state index in [2.05, 4.69) is 52.5 Å². The highest BCUT2D eigenvalue weighted by Gasteiger charge is 2.07. The first-order valence-electron chi connectivity index (χ1n) is 7.10. The molecule has 0 aliphatic rings. The Kier molecular flexibility index (Phi) is 9.61. The van der Waals surface area contributed by atoms with Gasteiger partial charge >= 0.3 is 0 Å². The molecule has 2 nitrogen and oxygen atoms in total. The second-order valence-electron chi connectivity index (χ2n) is 4.83. The van der Waals surface area contributed by atoms with Gasteiger partial charge in [0.2, 0.25) is 0 Å². The molecule has 108 valence electrons. The van der Waals surface area contributed by atoms with Gasteiger partial charge in [0.25, 0.3) is 0 Å². The highest BCUT2D eigenvalue weighted by Crippen LogP contribution is 2.23. The fourth-order valence-electron chi connectivity index (χ4n) is 1.96. The monoisotopic (exact) mass is 344 g/mol. The van der Waals surface area contributed by atoms with Crippen LogP contribution in [0.2, 0.25) is 0 Å². The van der Waals surface area contributed by atoms with E-state index < -0.39 is 0 Å². The number of rotatable bonds is 10.